The summed E-state index contributed by atoms with van der Waals surface area (Å²) in [6.45, 7) is 3.36. The van der Waals surface area contributed by atoms with Crippen LogP contribution in [0.3, 0.4) is 0 Å². The third kappa shape index (κ3) is 3.40. The number of halogens is 1. The summed E-state index contributed by atoms with van der Waals surface area (Å²) in [6, 6.07) is 6.88. The number of nitro groups is 1. The summed E-state index contributed by atoms with van der Waals surface area (Å²) in [5, 5.41) is 27.0. The first-order valence-corrected chi connectivity index (χ1v) is 8.90. The van der Waals surface area contributed by atoms with Crippen LogP contribution in [0.1, 0.15) is 16.5 Å². The molecule has 2 N–H and O–H groups in total. The van der Waals surface area contributed by atoms with E-state index >= 15 is 0 Å². The minimum Gasteiger partial charge on any atom is -0.502 e. The predicted molar refractivity (Wildman–Crippen MR) is 93.1 cm³/mol. The number of benzene rings is 1. The van der Waals surface area contributed by atoms with Gasteiger partial charge in [0.15, 0.2) is 5.75 Å². The fourth-order valence-electron chi connectivity index (χ4n) is 2.87. The predicted octanol–water partition coefficient (Wildman–Crippen LogP) is 3.12. The molecule has 0 unspecified atom stereocenters. The first-order chi connectivity index (χ1) is 11.1. The third-order valence-corrected chi connectivity index (χ3v) is 5.29. The highest BCUT2D eigenvalue weighted by Crippen LogP contribution is 2.42. The van der Waals surface area contributed by atoms with Crippen LogP contribution in [0.5, 0.6) is 5.75 Å². The van der Waals surface area contributed by atoms with Crippen molar-refractivity contribution in [2.75, 3.05) is 26.2 Å². The quantitative estimate of drug-likeness (QED) is 0.611. The van der Waals surface area contributed by atoms with E-state index in [0.717, 1.165) is 31.1 Å². The van der Waals surface area contributed by atoms with Gasteiger partial charge in [-0.3, -0.25) is 15.0 Å². The van der Waals surface area contributed by atoms with Gasteiger partial charge in [-0.25, -0.2) is 0 Å². The Bertz CT molecular complexity index is 702. The number of hydrogen-bond donors (Lipinski definition) is 2. The molecule has 0 saturated carbocycles. The summed E-state index contributed by atoms with van der Waals surface area (Å²) >= 11 is 4.92. The number of phenols is 1. The van der Waals surface area contributed by atoms with Gasteiger partial charge in [0, 0.05) is 47.2 Å². The van der Waals surface area contributed by atoms with E-state index in [1.165, 1.54) is 6.07 Å². The van der Waals surface area contributed by atoms with Crippen molar-refractivity contribution < 1.29 is 10.0 Å². The lowest BCUT2D eigenvalue weighted by Crippen LogP contribution is -2.45. The van der Waals surface area contributed by atoms with Gasteiger partial charge in [0.25, 0.3) is 0 Å². The highest BCUT2D eigenvalue weighted by atomic mass is 79.9. The fraction of sp³-hybridized carbons (Fsp3) is 0.333. The molecule has 2 aromatic rings. The van der Waals surface area contributed by atoms with Gasteiger partial charge in [-0.05, 0) is 17.5 Å². The Morgan fingerprint density at radius 2 is 2.13 bits per heavy atom. The van der Waals surface area contributed by atoms with Crippen molar-refractivity contribution in [2.45, 2.75) is 6.04 Å². The zero-order chi connectivity index (χ0) is 16.4. The van der Waals surface area contributed by atoms with Gasteiger partial charge in [-0.2, -0.15) is 0 Å². The molecule has 23 heavy (non-hydrogen) atoms. The van der Waals surface area contributed by atoms with Gasteiger partial charge in [0.2, 0.25) is 0 Å². The van der Waals surface area contributed by atoms with Crippen LogP contribution >= 0.6 is 27.3 Å². The van der Waals surface area contributed by atoms with E-state index < -0.39 is 4.92 Å². The number of nitro benzene ring substituents is 1. The Kier molecular flexibility index (Phi) is 4.96. The number of nitrogens with zero attached hydrogens (tertiary/aromatic N) is 2. The Labute approximate surface area is 146 Å². The number of phenolic OH excluding ortho intramolecular Hbond substituents is 1. The molecular weight excluding hydrogens is 382 g/mol. The number of piperazine rings is 1. The van der Waals surface area contributed by atoms with E-state index in [0.29, 0.717) is 10.0 Å². The molecule has 122 valence electrons. The zero-order valence-corrected chi connectivity index (χ0v) is 14.6. The van der Waals surface area contributed by atoms with E-state index in [4.69, 9.17) is 0 Å². The van der Waals surface area contributed by atoms with Gasteiger partial charge < -0.3 is 10.4 Å². The molecule has 0 bridgehead atoms. The number of aromatic hydroxyl groups is 1. The van der Waals surface area contributed by atoms with E-state index in [1.807, 2.05) is 17.5 Å². The van der Waals surface area contributed by atoms with Gasteiger partial charge in [0.05, 0.1) is 11.0 Å². The number of hydrogen-bond acceptors (Lipinski definition) is 6. The summed E-state index contributed by atoms with van der Waals surface area (Å²) in [6.07, 6.45) is 0. The van der Waals surface area contributed by atoms with Crippen molar-refractivity contribution in [1.82, 2.24) is 10.2 Å². The fourth-order valence-corrected chi connectivity index (χ4v) is 4.21. The standard InChI is InChI=1S/C15H16BrN3O3S/c16-10-8-11(15(20)12(9-10)19(21)22)14(13-2-1-7-23-13)18-5-3-17-4-6-18/h1-2,7-9,14,17,20H,3-6H2/t14-/m0/s1. The average molecular weight is 398 g/mol. The second-order valence-corrected chi connectivity index (χ2v) is 7.22. The van der Waals surface area contributed by atoms with Crippen LogP contribution in [-0.4, -0.2) is 41.1 Å². The van der Waals surface area contributed by atoms with E-state index in [-0.39, 0.29) is 17.5 Å². The normalized spacial score (nSPS) is 17.1. The zero-order valence-electron chi connectivity index (χ0n) is 12.2. The van der Waals surface area contributed by atoms with Crippen molar-refractivity contribution in [3.05, 3.63) is 54.7 Å². The Morgan fingerprint density at radius 1 is 1.39 bits per heavy atom. The smallest absolute Gasteiger partial charge is 0.312 e. The maximum absolute atomic E-state index is 11.2. The summed E-state index contributed by atoms with van der Waals surface area (Å²) in [7, 11) is 0. The second-order valence-electron chi connectivity index (χ2n) is 5.32. The maximum Gasteiger partial charge on any atom is 0.312 e. The molecule has 1 atom stereocenters. The van der Waals surface area contributed by atoms with Crippen molar-refractivity contribution in [1.29, 1.82) is 0 Å². The molecule has 1 saturated heterocycles. The SMILES string of the molecule is O=[N+]([O-])c1cc(Br)cc([C@@H](c2cccs2)N2CCNCC2)c1O. The molecule has 6 nitrogen and oxygen atoms in total. The molecular formula is C15H16BrN3O3S. The van der Waals surface area contributed by atoms with Gasteiger partial charge in [-0.15, -0.1) is 11.3 Å². The van der Waals surface area contributed by atoms with Gasteiger partial charge in [-0.1, -0.05) is 22.0 Å². The molecule has 0 aliphatic carbocycles. The van der Waals surface area contributed by atoms with Crippen molar-refractivity contribution >= 4 is 33.0 Å². The lowest BCUT2D eigenvalue weighted by Gasteiger charge is -2.35. The second kappa shape index (κ2) is 6.96. The number of thiophene rings is 1. The minimum atomic E-state index is -0.549. The first-order valence-electron chi connectivity index (χ1n) is 7.23. The molecule has 0 amide bonds. The summed E-state index contributed by atoms with van der Waals surface area (Å²) in [4.78, 5) is 14.0. The molecule has 8 heteroatoms. The van der Waals surface area contributed by atoms with Gasteiger partial charge >= 0.3 is 5.69 Å². The molecule has 1 aromatic heterocycles. The monoisotopic (exact) mass is 397 g/mol. The lowest BCUT2D eigenvalue weighted by atomic mass is 10.0. The van der Waals surface area contributed by atoms with Gasteiger partial charge in [0.1, 0.15) is 0 Å². The van der Waals surface area contributed by atoms with Crippen LogP contribution < -0.4 is 5.32 Å². The molecule has 1 aliphatic heterocycles. The molecule has 2 heterocycles. The first kappa shape index (κ1) is 16.4. The van der Waals surface area contributed by atoms with E-state index in [1.54, 1.807) is 17.4 Å². The molecule has 1 aromatic carbocycles. The number of nitrogens with one attached hydrogen (secondary N) is 1. The van der Waals surface area contributed by atoms with Crippen LogP contribution in [0.4, 0.5) is 5.69 Å². The lowest BCUT2D eigenvalue weighted by molar-refractivity contribution is -0.386. The Hall–Kier alpha value is -1.48. The van der Waals surface area contributed by atoms with E-state index in [9.17, 15) is 15.2 Å². The molecule has 1 aliphatic rings. The van der Waals surface area contributed by atoms with E-state index in [2.05, 4.69) is 26.1 Å². The molecule has 0 spiro atoms. The van der Waals surface area contributed by atoms with Crippen molar-refractivity contribution in [2.24, 2.45) is 0 Å². The molecule has 0 radical (unpaired) electrons. The highest BCUT2D eigenvalue weighted by Gasteiger charge is 2.30. The maximum atomic E-state index is 11.2. The number of rotatable bonds is 4. The van der Waals surface area contributed by atoms with Crippen molar-refractivity contribution in [3.63, 3.8) is 0 Å². The van der Waals surface area contributed by atoms with Crippen LogP contribution in [0, 0.1) is 10.1 Å². The average Bonchev–Trinajstić information content (AvgIpc) is 3.05. The molecule has 1 fully saturated rings. The molecule has 3 rings (SSSR count). The van der Waals surface area contributed by atoms with Crippen LogP contribution in [-0.2, 0) is 0 Å². The minimum absolute atomic E-state index is 0.187. The van der Waals surface area contributed by atoms with Crippen LogP contribution in [0.15, 0.2) is 34.1 Å². The highest BCUT2D eigenvalue weighted by molar-refractivity contribution is 9.10. The Morgan fingerprint density at radius 3 is 2.74 bits per heavy atom. The summed E-state index contributed by atoms with van der Waals surface area (Å²) in [5.74, 6) is -0.255. The summed E-state index contributed by atoms with van der Waals surface area (Å²) in [5.41, 5.74) is 0.293. The Balaban J connectivity index is 2.11. The van der Waals surface area contributed by atoms with Crippen LogP contribution in [0.2, 0.25) is 0 Å². The topological polar surface area (TPSA) is 78.6 Å². The third-order valence-electron chi connectivity index (χ3n) is 3.90. The summed E-state index contributed by atoms with van der Waals surface area (Å²) < 4.78 is 0.591. The largest absolute Gasteiger partial charge is 0.502 e. The van der Waals surface area contributed by atoms with Crippen LogP contribution in [0.25, 0.3) is 0 Å². The van der Waals surface area contributed by atoms with Crippen molar-refractivity contribution in [3.8, 4) is 5.75 Å².